The van der Waals surface area contributed by atoms with Gasteiger partial charge in [0.05, 0.1) is 12.4 Å². The van der Waals surface area contributed by atoms with Crippen molar-refractivity contribution < 1.29 is 9.21 Å². The first-order chi connectivity index (χ1) is 12.1. The van der Waals surface area contributed by atoms with Gasteiger partial charge in [0.15, 0.2) is 12.2 Å². The van der Waals surface area contributed by atoms with E-state index in [2.05, 4.69) is 21.0 Å². The van der Waals surface area contributed by atoms with Gasteiger partial charge < -0.3 is 14.2 Å². The van der Waals surface area contributed by atoms with Crippen LogP contribution in [0.3, 0.4) is 0 Å². The predicted octanol–water partition coefficient (Wildman–Crippen LogP) is 2.28. The van der Waals surface area contributed by atoms with Gasteiger partial charge in [-0.3, -0.25) is 9.78 Å². The monoisotopic (exact) mass is 335 g/mol. The average Bonchev–Trinajstić information content (AvgIpc) is 3.28. The topological polar surface area (TPSA) is 75.4 Å². The van der Waals surface area contributed by atoms with Gasteiger partial charge in [-0.15, -0.1) is 0 Å². The Hall–Kier alpha value is -3.22. The third-order valence-corrected chi connectivity index (χ3v) is 4.35. The standard InChI is InChI=1S/C18H17N5O2/c1-22(2)13-3-4-14-12(7-13)10-23(17(14)16-9-20-11-25-16)18(24)15-8-19-5-6-21-15/h3-9,11,17H,10H2,1-2H3/t17-/m0/s1. The minimum atomic E-state index is -0.316. The van der Waals surface area contributed by atoms with Crippen molar-refractivity contribution in [2.24, 2.45) is 0 Å². The van der Waals surface area contributed by atoms with Gasteiger partial charge in [0.25, 0.3) is 5.91 Å². The summed E-state index contributed by atoms with van der Waals surface area (Å²) in [6.07, 6.45) is 7.58. The second-order valence-electron chi connectivity index (χ2n) is 6.11. The molecular formula is C18H17N5O2. The zero-order chi connectivity index (χ0) is 17.4. The molecule has 0 radical (unpaired) electrons. The van der Waals surface area contributed by atoms with E-state index in [1.807, 2.05) is 31.1 Å². The molecule has 0 bridgehead atoms. The summed E-state index contributed by atoms with van der Waals surface area (Å²) < 4.78 is 5.52. The van der Waals surface area contributed by atoms with E-state index in [4.69, 9.17) is 4.42 Å². The smallest absolute Gasteiger partial charge is 0.275 e. The van der Waals surface area contributed by atoms with Crippen molar-refractivity contribution in [1.82, 2.24) is 19.9 Å². The first kappa shape index (κ1) is 15.3. The SMILES string of the molecule is CN(C)c1ccc2c(c1)CN(C(=O)c1cnccn1)[C@@H]2c1cnco1. The van der Waals surface area contributed by atoms with Gasteiger partial charge >= 0.3 is 0 Å². The minimum Gasteiger partial charge on any atom is -0.446 e. The molecule has 1 aliphatic heterocycles. The molecule has 3 heterocycles. The number of oxazole rings is 1. The highest BCUT2D eigenvalue weighted by Crippen LogP contribution is 2.40. The van der Waals surface area contributed by atoms with Crippen LogP contribution >= 0.6 is 0 Å². The lowest BCUT2D eigenvalue weighted by molar-refractivity contribution is 0.0697. The van der Waals surface area contributed by atoms with Crippen LogP contribution in [0, 0.1) is 0 Å². The molecule has 0 unspecified atom stereocenters. The van der Waals surface area contributed by atoms with Crippen LogP contribution in [0.2, 0.25) is 0 Å². The second kappa shape index (κ2) is 6.01. The third kappa shape index (κ3) is 2.63. The van der Waals surface area contributed by atoms with E-state index in [0.29, 0.717) is 18.0 Å². The number of carbonyl (C=O) groups is 1. The zero-order valence-corrected chi connectivity index (χ0v) is 14.0. The zero-order valence-electron chi connectivity index (χ0n) is 14.0. The van der Waals surface area contributed by atoms with E-state index in [1.165, 1.54) is 18.8 Å². The molecule has 7 heteroatoms. The van der Waals surface area contributed by atoms with E-state index in [1.54, 1.807) is 17.3 Å². The summed E-state index contributed by atoms with van der Waals surface area (Å²) in [4.78, 5) is 28.9. The highest BCUT2D eigenvalue weighted by atomic mass is 16.3. The fraction of sp³-hybridized carbons (Fsp3) is 0.222. The van der Waals surface area contributed by atoms with Crippen molar-refractivity contribution in [1.29, 1.82) is 0 Å². The van der Waals surface area contributed by atoms with Crippen molar-refractivity contribution >= 4 is 11.6 Å². The fourth-order valence-electron chi connectivity index (χ4n) is 3.13. The predicted molar refractivity (Wildman–Crippen MR) is 91.0 cm³/mol. The summed E-state index contributed by atoms with van der Waals surface area (Å²) >= 11 is 0. The van der Waals surface area contributed by atoms with Crippen LogP contribution < -0.4 is 4.90 Å². The molecule has 1 amide bonds. The van der Waals surface area contributed by atoms with Crippen LogP contribution in [0.25, 0.3) is 0 Å². The van der Waals surface area contributed by atoms with E-state index >= 15 is 0 Å². The molecule has 3 aromatic rings. The molecule has 1 atom stereocenters. The fourth-order valence-corrected chi connectivity index (χ4v) is 3.13. The van der Waals surface area contributed by atoms with Crippen LogP contribution in [0.1, 0.15) is 33.4 Å². The number of hydrogen-bond donors (Lipinski definition) is 0. The molecule has 25 heavy (non-hydrogen) atoms. The van der Waals surface area contributed by atoms with Crippen molar-refractivity contribution in [2.45, 2.75) is 12.6 Å². The van der Waals surface area contributed by atoms with Crippen molar-refractivity contribution in [3.63, 3.8) is 0 Å². The lowest BCUT2D eigenvalue weighted by Crippen LogP contribution is -2.30. The van der Waals surface area contributed by atoms with Gasteiger partial charge in [0.1, 0.15) is 11.7 Å². The second-order valence-corrected chi connectivity index (χ2v) is 6.11. The Morgan fingerprint density at radius 2 is 2.12 bits per heavy atom. The maximum atomic E-state index is 13.0. The molecule has 0 aliphatic carbocycles. The van der Waals surface area contributed by atoms with Crippen molar-refractivity contribution in [3.8, 4) is 0 Å². The Kier molecular flexibility index (Phi) is 3.68. The molecule has 0 saturated heterocycles. The van der Waals surface area contributed by atoms with Gasteiger partial charge in [0, 0.05) is 38.7 Å². The molecule has 126 valence electrons. The van der Waals surface area contributed by atoms with Crippen LogP contribution in [0.15, 0.2) is 53.8 Å². The largest absolute Gasteiger partial charge is 0.446 e. The number of benzene rings is 1. The van der Waals surface area contributed by atoms with E-state index in [-0.39, 0.29) is 11.9 Å². The Morgan fingerprint density at radius 1 is 1.24 bits per heavy atom. The minimum absolute atomic E-state index is 0.183. The molecule has 0 fully saturated rings. The Labute approximate surface area is 144 Å². The van der Waals surface area contributed by atoms with E-state index in [9.17, 15) is 4.79 Å². The molecule has 1 aromatic carbocycles. The normalized spacial score (nSPS) is 15.9. The molecule has 2 aromatic heterocycles. The number of carbonyl (C=O) groups excluding carboxylic acids is 1. The lowest BCUT2D eigenvalue weighted by atomic mass is 10.0. The molecule has 0 spiro atoms. The van der Waals surface area contributed by atoms with Gasteiger partial charge in [-0.25, -0.2) is 9.97 Å². The van der Waals surface area contributed by atoms with Gasteiger partial charge in [0.2, 0.25) is 0 Å². The van der Waals surface area contributed by atoms with Crippen molar-refractivity contribution in [3.05, 3.63) is 72.0 Å². The van der Waals surface area contributed by atoms with Crippen LogP contribution in [0.5, 0.6) is 0 Å². The summed E-state index contributed by atoms with van der Waals surface area (Å²) in [5.41, 5.74) is 3.53. The van der Waals surface area contributed by atoms with Crippen molar-refractivity contribution in [2.75, 3.05) is 19.0 Å². The third-order valence-electron chi connectivity index (χ3n) is 4.35. The summed E-state index contributed by atoms with van der Waals surface area (Å²) in [5.74, 6) is 0.450. The molecular weight excluding hydrogens is 318 g/mol. The summed E-state index contributed by atoms with van der Waals surface area (Å²) in [6, 6.07) is 5.87. The summed E-state index contributed by atoms with van der Waals surface area (Å²) in [6.45, 7) is 0.484. The van der Waals surface area contributed by atoms with Crippen LogP contribution in [0.4, 0.5) is 5.69 Å². The summed E-state index contributed by atoms with van der Waals surface area (Å²) in [5, 5.41) is 0. The average molecular weight is 335 g/mol. The van der Waals surface area contributed by atoms with E-state index < -0.39 is 0 Å². The van der Waals surface area contributed by atoms with E-state index in [0.717, 1.165) is 16.8 Å². The maximum absolute atomic E-state index is 13.0. The first-order valence-corrected chi connectivity index (χ1v) is 7.90. The Balaban J connectivity index is 1.78. The number of aromatic nitrogens is 3. The molecule has 0 N–H and O–H groups in total. The number of rotatable bonds is 3. The number of amides is 1. The Morgan fingerprint density at radius 3 is 2.80 bits per heavy atom. The summed E-state index contributed by atoms with van der Waals surface area (Å²) in [7, 11) is 3.99. The number of hydrogen-bond acceptors (Lipinski definition) is 6. The lowest BCUT2D eigenvalue weighted by Gasteiger charge is -2.22. The van der Waals surface area contributed by atoms with Gasteiger partial charge in [-0.2, -0.15) is 0 Å². The first-order valence-electron chi connectivity index (χ1n) is 7.90. The van der Waals surface area contributed by atoms with Gasteiger partial charge in [-0.1, -0.05) is 6.07 Å². The Bertz CT molecular complexity index is 893. The quantitative estimate of drug-likeness (QED) is 0.731. The maximum Gasteiger partial charge on any atom is 0.275 e. The number of nitrogens with zero attached hydrogens (tertiary/aromatic N) is 5. The van der Waals surface area contributed by atoms with Crippen LogP contribution in [-0.4, -0.2) is 39.9 Å². The molecule has 4 rings (SSSR count). The molecule has 1 aliphatic rings. The molecule has 0 saturated carbocycles. The van der Waals surface area contributed by atoms with Gasteiger partial charge in [-0.05, 0) is 23.3 Å². The highest BCUT2D eigenvalue weighted by molar-refractivity contribution is 5.93. The number of anilines is 1. The number of fused-ring (bicyclic) bond motifs is 1. The molecule has 7 nitrogen and oxygen atoms in total. The van der Waals surface area contributed by atoms with Crippen LogP contribution in [-0.2, 0) is 6.54 Å². The highest BCUT2D eigenvalue weighted by Gasteiger charge is 2.37.